The van der Waals surface area contributed by atoms with Gasteiger partial charge in [-0.1, -0.05) is 0 Å². The third-order valence-electron chi connectivity index (χ3n) is 1.90. The predicted molar refractivity (Wildman–Crippen MR) is 59.9 cm³/mol. The summed E-state index contributed by atoms with van der Waals surface area (Å²) in [7, 11) is 2.85. The van der Waals surface area contributed by atoms with Crippen LogP contribution in [0.2, 0.25) is 0 Å². The van der Waals surface area contributed by atoms with Crippen molar-refractivity contribution in [2.45, 2.75) is 0 Å². The Morgan fingerprint density at radius 3 is 2.44 bits per heavy atom. The SMILES string of the molecule is COCCOCC(=O)N(CCOOC)CC(=O)O. The van der Waals surface area contributed by atoms with E-state index >= 15 is 0 Å². The molecule has 0 saturated carbocycles. The Bertz CT molecular complexity index is 246. The Morgan fingerprint density at radius 1 is 1.17 bits per heavy atom. The van der Waals surface area contributed by atoms with E-state index in [1.165, 1.54) is 14.2 Å². The number of carbonyl (C=O) groups is 2. The summed E-state index contributed by atoms with van der Waals surface area (Å²) in [4.78, 5) is 32.3. The van der Waals surface area contributed by atoms with Crippen LogP contribution >= 0.6 is 0 Å². The smallest absolute Gasteiger partial charge is 0.323 e. The second kappa shape index (κ2) is 10.9. The van der Waals surface area contributed by atoms with Crippen molar-refractivity contribution in [3.05, 3.63) is 0 Å². The molecule has 0 radical (unpaired) electrons. The maximum absolute atomic E-state index is 11.6. The van der Waals surface area contributed by atoms with Crippen LogP contribution in [0.4, 0.5) is 0 Å². The normalized spacial score (nSPS) is 10.3. The van der Waals surface area contributed by atoms with Crippen LogP contribution in [-0.2, 0) is 28.8 Å². The van der Waals surface area contributed by atoms with Crippen LogP contribution in [-0.4, -0.2) is 75.6 Å². The van der Waals surface area contributed by atoms with Gasteiger partial charge in [0.05, 0.1) is 26.9 Å². The molecule has 8 heteroatoms. The van der Waals surface area contributed by atoms with Gasteiger partial charge < -0.3 is 19.5 Å². The van der Waals surface area contributed by atoms with Crippen LogP contribution in [0.15, 0.2) is 0 Å². The van der Waals surface area contributed by atoms with Gasteiger partial charge >= 0.3 is 5.97 Å². The number of ether oxygens (including phenoxy) is 2. The number of amides is 1. The number of rotatable bonds is 11. The molecule has 0 aromatic carbocycles. The van der Waals surface area contributed by atoms with Gasteiger partial charge in [-0.2, -0.15) is 0 Å². The zero-order valence-electron chi connectivity index (χ0n) is 10.6. The molecule has 0 saturated heterocycles. The third kappa shape index (κ3) is 8.88. The number of hydrogen-bond acceptors (Lipinski definition) is 6. The van der Waals surface area contributed by atoms with Gasteiger partial charge in [-0.05, 0) is 0 Å². The maximum Gasteiger partial charge on any atom is 0.323 e. The average molecular weight is 265 g/mol. The molecule has 0 heterocycles. The molecule has 106 valence electrons. The summed E-state index contributed by atoms with van der Waals surface area (Å²) in [6.07, 6.45) is 0. The first-order chi connectivity index (χ1) is 8.61. The quantitative estimate of drug-likeness (QED) is 0.295. The van der Waals surface area contributed by atoms with Crippen molar-refractivity contribution in [1.82, 2.24) is 4.90 Å². The second-order valence-corrected chi connectivity index (χ2v) is 3.24. The van der Waals surface area contributed by atoms with Crippen molar-refractivity contribution in [1.29, 1.82) is 0 Å². The number of aliphatic carboxylic acids is 1. The highest BCUT2D eigenvalue weighted by Crippen LogP contribution is 1.93. The number of methoxy groups -OCH3 is 1. The molecule has 0 aliphatic carbocycles. The minimum atomic E-state index is -1.10. The highest BCUT2D eigenvalue weighted by Gasteiger charge is 2.16. The van der Waals surface area contributed by atoms with Gasteiger partial charge in [0.15, 0.2) is 0 Å². The van der Waals surface area contributed by atoms with E-state index < -0.39 is 18.4 Å². The number of carboxylic acid groups (broad SMARTS) is 1. The molecule has 1 amide bonds. The molecule has 0 aliphatic rings. The molecular formula is C10H19NO7. The highest BCUT2D eigenvalue weighted by molar-refractivity contribution is 5.82. The number of carbonyl (C=O) groups excluding carboxylic acids is 1. The molecule has 0 rings (SSSR count). The lowest BCUT2D eigenvalue weighted by atomic mass is 10.4. The van der Waals surface area contributed by atoms with Crippen LogP contribution < -0.4 is 0 Å². The number of nitrogens with zero attached hydrogens (tertiary/aromatic N) is 1. The lowest BCUT2D eigenvalue weighted by molar-refractivity contribution is -0.273. The van der Waals surface area contributed by atoms with Gasteiger partial charge in [0.25, 0.3) is 0 Å². The van der Waals surface area contributed by atoms with Crippen LogP contribution in [0, 0.1) is 0 Å². The second-order valence-electron chi connectivity index (χ2n) is 3.24. The molecule has 18 heavy (non-hydrogen) atoms. The topological polar surface area (TPSA) is 94.5 Å². The zero-order valence-corrected chi connectivity index (χ0v) is 10.6. The monoisotopic (exact) mass is 265 g/mol. The molecule has 0 spiro atoms. The minimum absolute atomic E-state index is 0.0909. The predicted octanol–water partition coefficient (Wildman–Crippen LogP) is -0.859. The number of carboxylic acids is 1. The molecule has 8 nitrogen and oxygen atoms in total. The van der Waals surface area contributed by atoms with E-state index in [0.717, 1.165) is 4.90 Å². The van der Waals surface area contributed by atoms with Gasteiger partial charge in [-0.15, -0.1) is 0 Å². The Labute approximate surface area is 105 Å². The third-order valence-corrected chi connectivity index (χ3v) is 1.90. The fraction of sp³-hybridized carbons (Fsp3) is 0.800. The highest BCUT2D eigenvalue weighted by atomic mass is 17.2. The van der Waals surface area contributed by atoms with Crippen molar-refractivity contribution < 1.29 is 33.9 Å². The van der Waals surface area contributed by atoms with E-state index in [4.69, 9.17) is 14.6 Å². The van der Waals surface area contributed by atoms with E-state index in [1.807, 2.05) is 0 Å². The van der Waals surface area contributed by atoms with Gasteiger partial charge in [0.2, 0.25) is 5.91 Å². The Hall–Kier alpha value is -1.22. The Kier molecular flexibility index (Phi) is 10.2. The van der Waals surface area contributed by atoms with E-state index in [2.05, 4.69) is 9.78 Å². The average Bonchev–Trinajstić information content (AvgIpc) is 2.33. The summed E-state index contributed by atoms with van der Waals surface area (Å²) in [6.45, 7) is 0.264. The number of hydrogen-bond donors (Lipinski definition) is 1. The molecule has 0 fully saturated rings. The van der Waals surface area contributed by atoms with Crippen LogP contribution in [0.5, 0.6) is 0 Å². The largest absolute Gasteiger partial charge is 0.480 e. The van der Waals surface area contributed by atoms with E-state index in [-0.39, 0.29) is 26.4 Å². The zero-order chi connectivity index (χ0) is 13.8. The van der Waals surface area contributed by atoms with Crippen molar-refractivity contribution >= 4 is 11.9 Å². The van der Waals surface area contributed by atoms with Gasteiger partial charge in [0, 0.05) is 13.7 Å². The summed E-state index contributed by atoms with van der Waals surface area (Å²) in [5.41, 5.74) is 0. The van der Waals surface area contributed by atoms with Crippen molar-refractivity contribution in [2.24, 2.45) is 0 Å². The molecule has 0 atom stereocenters. The fourth-order valence-corrected chi connectivity index (χ4v) is 1.08. The first kappa shape index (κ1) is 16.8. The molecule has 0 unspecified atom stereocenters. The summed E-state index contributed by atoms with van der Waals surface area (Å²) in [5.74, 6) is -1.52. The van der Waals surface area contributed by atoms with E-state index in [1.54, 1.807) is 0 Å². The van der Waals surface area contributed by atoms with Gasteiger partial charge in [-0.25, -0.2) is 9.78 Å². The summed E-state index contributed by atoms with van der Waals surface area (Å²) < 4.78 is 9.77. The summed E-state index contributed by atoms with van der Waals surface area (Å²) in [6, 6.07) is 0. The minimum Gasteiger partial charge on any atom is -0.480 e. The Balaban J connectivity index is 4.01. The first-order valence-electron chi connectivity index (χ1n) is 5.33. The molecule has 0 aliphatic heterocycles. The molecular weight excluding hydrogens is 246 g/mol. The van der Waals surface area contributed by atoms with Crippen molar-refractivity contribution in [2.75, 3.05) is 53.7 Å². The van der Waals surface area contributed by atoms with Crippen LogP contribution in [0.1, 0.15) is 0 Å². The first-order valence-corrected chi connectivity index (χ1v) is 5.33. The van der Waals surface area contributed by atoms with Gasteiger partial charge in [0.1, 0.15) is 13.2 Å². The lowest BCUT2D eigenvalue weighted by Crippen LogP contribution is -2.40. The van der Waals surface area contributed by atoms with Crippen LogP contribution in [0.3, 0.4) is 0 Å². The Morgan fingerprint density at radius 2 is 1.89 bits per heavy atom. The molecule has 0 aromatic rings. The standard InChI is InChI=1S/C10H19NO7/c1-15-5-6-17-8-9(12)11(7-10(13)14)3-4-18-16-2/h3-8H2,1-2H3,(H,13,14). The van der Waals surface area contributed by atoms with Crippen LogP contribution in [0.25, 0.3) is 0 Å². The maximum atomic E-state index is 11.6. The van der Waals surface area contributed by atoms with Crippen molar-refractivity contribution in [3.63, 3.8) is 0 Å². The van der Waals surface area contributed by atoms with Gasteiger partial charge in [-0.3, -0.25) is 9.59 Å². The molecule has 0 aromatic heterocycles. The fourth-order valence-electron chi connectivity index (χ4n) is 1.08. The van der Waals surface area contributed by atoms with E-state index in [9.17, 15) is 9.59 Å². The molecule has 1 N–H and O–H groups in total. The lowest BCUT2D eigenvalue weighted by Gasteiger charge is -2.20. The van der Waals surface area contributed by atoms with Crippen molar-refractivity contribution in [3.8, 4) is 0 Å². The summed E-state index contributed by atoms with van der Waals surface area (Å²) >= 11 is 0. The summed E-state index contributed by atoms with van der Waals surface area (Å²) in [5, 5.41) is 8.67. The van der Waals surface area contributed by atoms with E-state index in [0.29, 0.717) is 6.61 Å². The molecule has 0 bridgehead atoms.